The third-order valence-electron chi connectivity index (χ3n) is 5.74. The van der Waals surface area contributed by atoms with Crippen LogP contribution >= 0.6 is 11.6 Å². The molecule has 0 radical (unpaired) electrons. The number of piperidine rings is 1. The van der Waals surface area contributed by atoms with Crippen LogP contribution in [0.4, 0.5) is 20.3 Å². The number of nitrogens with zero attached hydrogens (tertiary/aromatic N) is 3. The van der Waals surface area contributed by atoms with Crippen molar-refractivity contribution in [2.45, 2.75) is 18.9 Å². The molecule has 0 atom stereocenters. The highest BCUT2D eigenvalue weighted by atomic mass is 35.5. The van der Waals surface area contributed by atoms with Gasteiger partial charge in [0.05, 0.1) is 18.3 Å². The fourth-order valence-electron chi connectivity index (χ4n) is 3.83. The maximum Gasteiger partial charge on any atom is 0.267 e. The first-order chi connectivity index (χ1) is 17.8. The van der Waals surface area contributed by atoms with E-state index in [1.165, 1.54) is 25.0 Å². The van der Waals surface area contributed by atoms with E-state index in [4.69, 9.17) is 26.3 Å². The molecule has 0 aliphatic carbocycles. The van der Waals surface area contributed by atoms with Crippen molar-refractivity contribution >= 4 is 45.8 Å². The van der Waals surface area contributed by atoms with Crippen LogP contribution in [0.5, 0.6) is 11.5 Å². The number of ether oxygens (including phenoxy) is 2. The fourth-order valence-corrected chi connectivity index (χ4v) is 3.99. The summed E-state index contributed by atoms with van der Waals surface area (Å²) in [6.07, 6.45) is 4.12. The van der Waals surface area contributed by atoms with Crippen molar-refractivity contribution < 1.29 is 33.1 Å². The molecule has 1 fully saturated rings. The van der Waals surface area contributed by atoms with Crippen molar-refractivity contribution in [3.05, 3.63) is 59.4 Å². The highest BCUT2D eigenvalue weighted by Crippen LogP contribution is 2.37. The van der Waals surface area contributed by atoms with Gasteiger partial charge in [-0.3, -0.25) is 14.8 Å². The van der Waals surface area contributed by atoms with Crippen LogP contribution in [0.3, 0.4) is 0 Å². The summed E-state index contributed by atoms with van der Waals surface area (Å²) < 4.78 is 39.7. The molecule has 1 saturated heterocycles. The van der Waals surface area contributed by atoms with Gasteiger partial charge in [0.1, 0.15) is 29.1 Å². The first kappa shape index (κ1) is 26.0. The summed E-state index contributed by atoms with van der Waals surface area (Å²) in [7, 11) is 1.49. The number of hydrogen-bond donors (Lipinski definition) is 3. The zero-order valence-electron chi connectivity index (χ0n) is 19.5. The molecule has 3 aromatic rings. The number of anilines is 2. The molecule has 1 aliphatic rings. The third-order valence-corrected chi connectivity index (χ3v) is 6.09. The van der Waals surface area contributed by atoms with Gasteiger partial charge in [0, 0.05) is 49.5 Å². The van der Waals surface area contributed by atoms with Crippen LogP contribution < -0.4 is 20.3 Å². The minimum Gasteiger partial charge on any atom is -0.493 e. The van der Waals surface area contributed by atoms with Gasteiger partial charge in [0.25, 0.3) is 5.91 Å². The summed E-state index contributed by atoms with van der Waals surface area (Å²) in [6.45, 7) is 0.788. The van der Waals surface area contributed by atoms with Crippen LogP contribution in [-0.4, -0.2) is 58.2 Å². The predicted molar refractivity (Wildman–Crippen MR) is 130 cm³/mol. The lowest BCUT2D eigenvalue weighted by Gasteiger charge is -2.32. The summed E-state index contributed by atoms with van der Waals surface area (Å²) in [5.74, 6) is -1.91. The molecule has 0 saturated carbocycles. The number of nitrogens with one attached hydrogen (secondary N) is 2. The summed E-state index contributed by atoms with van der Waals surface area (Å²) in [5, 5.41) is 11.2. The predicted octanol–water partition coefficient (Wildman–Crippen LogP) is 3.75. The second-order valence-electron chi connectivity index (χ2n) is 8.04. The molecule has 4 rings (SSSR count). The second kappa shape index (κ2) is 11.4. The Bertz CT molecular complexity index is 1370. The minimum absolute atomic E-state index is 0.0627. The van der Waals surface area contributed by atoms with Crippen molar-refractivity contribution in [3.8, 4) is 11.5 Å². The Kier molecular flexibility index (Phi) is 7.99. The van der Waals surface area contributed by atoms with Crippen LogP contribution in [0.15, 0.2) is 42.7 Å². The van der Waals surface area contributed by atoms with E-state index < -0.39 is 22.6 Å². The molecule has 2 heterocycles. The smallest absolute Gasteiger partial charge is 0.267 e. The zero-order chi connectivity index (χ0) is 26.5. The molecular weight excluding hydrogens is 512 g/mol. The number of aromatic nitrogens is 2. The SMILES string of the molecule is COc1cc2ncnc(Nc3ccc(F)c(Cl)c3F)c2cc1OC1CCN(C(=O)C=CC(=O)NO)CC1. The van der Waals surface area contributed by atoms with E-state index in [1.807, 2.05) is 0 Å². The molecule has 0 spiro atoms. The Morgan fingerprint density at radius 2 is 1.92 bits per heavy atom. The summed E-state index contributed by atoms with van der Waals surface area (Å²) in [6, 6.07) is 5.57. The summed E-state index contributed by atoms with van der Waals surface area (Å²) in [4.78, 5) is 33.3. The molecule has 3 N–H and O–H groups in total. The van der Waals surface area contributed by atoms with Gasteiger partial charge >= 0.3 is 0 Å². The maximum atomic E-state index is 14.5. The van der Waals surface area contributed by atoms with E-state index in [0.717, 1.165) is 18.2 Å². The lowest BCUT2D eigenvalue weighted by atomic mass is 10.1. The fraction of sp³-hybridized carbons (Fsp3) is 0.250. The van der Waals surface area contributed by atoms with Gasteiger partial charge in [-0.15, -0.1) is 0 Å². The van der Waals surface area contributed by atoms with Crippen LogP contribution in [0.25, 0.3) is 10.9 Å². The number of halogens is 3. The largest absolute Gasteiger partial charge is 0.493 e. The number of carbonyl (C=O) groups excluding carboxylic acids is 2. The molecule has 10 nitrogen and oxygen atoms in total. The molecule has 2 aromatic carbocycles. The highest BCUT2D eigenvalue weighted by Gasteiger charge is 2.24. The van der Waals surface area contributed by atoms with Crippen molar-refractivity contribution in [2.24, 2.45) is 0 Å². The number of hydroxylamine groups is 1. The lowest BCUT2D eigenvalue weighted by Crippen LogP contribution is -2.41. The first-order valence-corrected chi connectivity index (χ1v) is 11.5. The van der Waals surface area contributed by atoms with Gasteiger partial charge in [-0.2, -0.15) is 0 Å². The molecule has 0 bridgehead atoms. The number of amides is 2. The number of carbonyl (C=O) groups is 2. The Balaban J connectivity index is 1.53. The summed E-state index contributed by atoms with van der Waals surface area (Å²) in [5.41, 5.74) is 1.86. The van der Waals surface area contributed by atoms with Crippen LogP contribution in [0.1, 0.15) is 12.8 Å². The Hall–Kier alpha value is -4.03. The average molecular weight is 534 g/mol. The minimum atomic E-state index is -0.952. The van der Waals surface area contributed by atoms with Gasteiger partial charge in [-0.25, -0.2) is 24.2 Å². The van der Waals surface area contributed by atoms with Crippen LogP contribution in [-0.2, 0) is 9.59 Å². The number of fused-ring (bicyclic) bond motifs is 1. The highest BCUT2D eigenvalue weighted by molar-refractivity contribution is 6.31. The van der Waals surface area contributed by atoms with Gasteiger partial charge in [0.15, 0.2) is 17.3 Å². The monoisotopic (exact) mass is 533 g/mol. The Morgan fingerprint density at radius 3 is 2.62 bits per heavy atom. The number of likely N-dealkylation sites (tertiary alicyclic amines) is 1. The average Bonchev–Trinajstić information content (AvgIpc) is 2.92. The van der Waals surface area contributed by atoms with Crippen molar-refractivity contribution in [3.63, 3.8) is 0 Å². The van der Waals surface area contributed by atoms with E-state index in [2.05, 4.69) is 15.3 Å². The second-order valence-corrected chi connectivity index (χ2v) is 8.42. The molecule has 1 aromatic heterocycles. The Labute approximate surface area is 214 Å². The lowest BCUT2D eigenvalue weighted by molar-refractivity contribution is -0.128. The van der Waals surface area contributed by atoms with Crippen LogP contribution in [0, 0.1) is 11.6 Å². The Morgan fingerprint density at radius 1 is 1.16 bits per heavy atom. The molecular formula is C24H22ClF2N5O5. The van der Waals surface area contributed by atoms with E-state index in [9.17, 15) is 18.4 Å². The molecule has 1 aliphatic heterocycles. The van der Waals surface area contributed by atoms with Crippen molar-refractivity contribution in [2.75, 3.05) is 25.5 Å². The first-order valence-electron chi connectivity index (χ1n) is 11.1. The molecule has 194 valence electrons. The van der Waals surface area contributed by atoms with Crippen LogP contribution in [0.2, 0.25) is 5.02 Å². The molecule has 37 heavy (non-hydrogen) atoms. The van der Waals surface area contributed by atoms with Gasteiger partial charge < -0.3 is 19.7 Å². The summed E-state index contributed by atoms with van der Waals surface area (Å²) >= 11 is 5.69. The van der Waals surface area contributed by atoms with Crippen molar-refractivity contribution in [1.29, 1.82) is 0 Å². The number of benzene rings is 2. The van der Waals surface area contributed by atoms with Gasteiger partial charge in [0.2, 0.25) is 5.91 Å². The molecule has 2 amide bonds. The number of hydrogen-bond acceptors (Lipinski definition) is 8. The third kappa shape index (κ3) is 5.87. The molecule has 13 heteroatoms. The van der Waals surface area contributed by atoms with Crippen molar-refractivity contribution in [1.82, 2.24) is 20.3 Å². The van der Waals surface area contributed by atoms with Gasteiger partial charge in [-0.05, 0) is 18.2 Å². The zero-order valence-corrected chi connectivity index (χ0v) is 20.3. The topological polar surface area (TPSA) is 126 Å². The number of rotatable bonds is 7. The van der Waals surface area contributed by atoms with Gasteiger partial charge in [-0.1, -0.05) is 11.6 Å². The van der Waals surface area contributed by atoms with E-state index in [0.29, 0.717) is 48.3 Å². The standard InChI is InChI=1S/C24H22ClF2N5O5/c1-36-18-11-17-14(24(29-12-28-17)30-16-3-2-15(26)22(25)23(16)27)10-19(18)37-13-6-8-32(9-7-13)21(34)5-4-20(33)31-35/h2-5,10-13,35H,6-9H2,1H3,(H,31,33)(H,28,29,30). The quantitative estimate of drug-likeness (QED) is 0.181. The van der Waals surface area contributed by atoms with E-state index in [1.54, 1.807) is 17.0 Å². The number of methoxy groups -OCH3 is 1. The normalized spacial score (nSPS) is 14.1. The van der Waals surface area contributed by atoms with E-state index >= 15 is 0 Å². The van der Waals surface area contributed by atoms with E-state index in [-0.39, 0.29) is 23.5 Å². The maximum absolute atomic E-state index is 14.5. The molecule has 0 unspecified atom stereocenters.